The second-order valence-electron chi connectivity index (χ2n) is 6.98. The molecule has 0 bridgehead atoms. The summed E-state index contributed by atoms with van der Waals surface area (Å²) < 4.78 is 5.91. The lowest BCUT2D eigenvalue weighted by Crippen LogP contribution is -2.14. The zero-order chi connectivity index (χ0) is 21.6. The molecule has 0 saturated carbocycles. The molecule has 31 heavy (non-hydrogen) atoms. The highest BCUT2D eigenvalue weighted by Gasteiger charge is 2.14. The van der Waals surface area contributed by atoms with Crippen LogP contribution in [-0.4, -0.2) is 15.9 Å². The molecular weight excluding hydrogens is 406 g/mol. The molecule has 154 valence electrons. The van der Waals surface area contributed by atoms with Crippen LogP contribution in [0.4, 0.5) is 5.82 Å². The van der Waals surface area contributed by atoms with Gasteiger partial charge in [0.25, 0.3) is 5.91 Å². The van der Waals surface area contributed by atoms with E-state index in [2.05, 4.69) is 21.4 Å². The van der Waals surface area contributed by atoms with Crippen LogP contribution in [-0.2, 0) is 0 Å². The lowest BCUT2D eigenvalue weighted by molar-refractivity contribution is 0.102. The summed E-state index contributed by atoms with van der Waals surface area (Å²) in [6, 6.07) is 22.8. The first-order valence-electron chi connectivity index (χ1n) is 9.79. The maximum Gasteiger partial charge on any atom is 0.259 e. The van der Waals surface area contributed by atoms with Crippen molar-refractivity contribution >= 4 is 23.5 Å². The van der Waals surface area contributed by atoms with E-state index in [1.54, 1.807) is 36.7 Å². The van der Waals surface area contributed by atoms with Crippen LogP contribution in [0.5, 0.6) is 11.5 Å². The number of carbonyl (C=O) groups is 1. The van der Waals surface area contributed by atoms with Gasteiger partial charge < -0.3 is 10.1 Å². The van der Waals surface area contributed by atoms with Gasteiger partial charge in [0.2, 0.25) is 0 Å². The van der Waals surface area contributed by atoms with Crippen LogP contribution < -0.4 is 10.1 Å². The molecule has 2 aromatic carbocycles. The van der Waals surface area contributed by atoms with E-state index in [9.17, 15) is 4.79 Å². The van der Waals surface area contributed by atoms with Gasteiger partial charge in [0.05, 0.1) is 11.8 Å². The average Bonchev–Trinajstić information content (AvgIpc) is 2.78. The topological polar surface area (TPSA) is 64.1 Å². The highest BCUT2D eigenvalue weighted by molar-refractivity contribution is 7.99. The second kappa shape index (κ2) is 9.45. The van der Waals surface area contributed by atoms with E-state index in [4.69, 9.17) is 4.74 Å². The summed E-state index contributed by atoms with van der Waals surface area (Å²) in [6.45, 7) is 4.05. The summed E-state index contributed by atoms with van der Waals surface area (Å²) in [5.74, 6) is 1.56. The van der Waals surface area contributed by atoms with Crippen LogP contribution in [0.3, 0.4) is 0 Å². The SMILES string of the molecule is Cc1ccc(Oc2ccc(NC(=O)c3cccnc3Sc3ccccc3)nc2)c(C)c1. The van der Waals surface area contributed by atoms with Gasteiger partial charge in [-0.2, -0.15) is 0 Å². The van der Waals surface area contributed by atoms with Gasteiger partial charge in [-0.3, -0.25) is 4.79 Å². The predicted octanol–water partition coefficient (Wildman–Crippen LogP) is 6.29. The van der Waals surface area contributed by atoms with Crippen molar-refractivity contribution in [3.8, 4) is 11.5 Å². The van der Waals surface area contributed by atoms with E-state index in [1.165, 1.54) is 17.3 Å². The number of benzene rings is 2. The molecule has 0 aliphatic rings. The number of hydrogen-bond acceptors (Lipinski definition) is 5. The summed E-state index contributed by atoms with van der Waals surface area (Å²) in [6.07, 6.45) is 3.28. The smallest absolute Gasteiger partial charge is 0.259 e. The minimum absolute atomic E-state index is 0.262. The number of pyridine rings is 2. The normalized spacial score (nSPS) is 10.5. The Bertz CT molecular complexity index is 1200. The first-order chi connectivity index (χ1) is 15.1. The summed E-state index contributed by atoms with van der Waals surface area (Å²) in [4.78, 5) is 22.5. The van der Waals surface area contributed by atoms with Gasteiger partial charge in [-0.1, -0.05) is 47.7 Å². The zero-order valence-corrected chi connectivity index (χ0v) is 18.0. The fourth-order valence-electron chi connectivity index (χ4n) is 2.98. The van der Waals surface area contributed by atoms with Crippen LogP contribution in [0, 0.1) is 13.8 Å². The molecule has 0 unspecified atom stereocenters. The van der Waals surface area contributed by atoms with Gasteiger partial charge >= 0.3 is 0 Å². The van der Waals surface area contributed by atoms with E-state index in [0.717, 1.165) is 16.2 Å². The van der Waals surface area contributed by atoms with Gasteiger partial charge in [0, 0.05) is 11.1 Å². The lowest BCUT2D eigenvalue weighted by atomic mass is 10.1. The van der Waals surface area contributed by atoms with Crippen molar-refractivity contribution in [2.45, 2.75) is 23.8 Å². The van der Waals surface area contributed by atoms with Gasteiger partial charge in [0.1, 0.15) is 22.3 Å². The number of nitrogens with zero attached hydrogens (tertiary/aromatic N) is 2. The highest BCUT2D eigenvalue weighted by atomic mass is 32.2. The third-order valence-electron chi connectivity index (χ3n) is 4.51. The summed E-state index contributed by atoms with van der Waals surface area (Å²) in [5, 5.41) is 3.48. The molecule has 5 nitrogen and oxygen atoms in total. The van der Waals surface area contributed by atoms with Crippen molar-refractivity contribution in [2.75, 3.05) is 5.32 Å². The molecule has 1 amide bonds. The molecule has 6 heteroatoms. The van der Waals surface area contributed by atoms with Crippen molar-refractivity contribution < 1.29 is 9.53 Å². The first kappa shape index (κ1) is 20.6. The molecule has 0 saturated heterocycles. The molecule has 2 aromatic heterocycles. The average molecular weight is 428 g/mol. The van der Waals surface area contributed by atoms with Crippen molar-refractivity contribution in [1.29, 1.82) is 0 Å². The number of amides is 1. The van der Waals surface area contributed by atoms with Crippen LogP contribution >= 0.6 is 11.8 Å². The quantitative estimate of drug-likeness (QED) is 0.392. The molecule has 4 aromatic rings. The molecule has 0 spiro atoms. The standard InChI is InChI=1S/C25H21N3O2S/c1-17-10-12-22(18(2)15-17)30-19-11-13-23(27-16-19)28-24(29)21-9-6-14-26-25(21)31-20-7-4-3-5-8-20/h3-16H,1-2H3,(H,27,28,29). The maximum absolute atomic E-state index is 12.8. The fourth-order valence-corrected chi connectivity index (χ4v) is 3.88. The second-order valence-corrected chi connectivity index (χ2v) is 8.04. The lowest BCUT2D eigenvalue weighted by Gasteiger charge is -2.11. The molecule has 4 rings (SSSR count). The Morgan fingerprint density at radius 3 is 2.52 bits per heavy atom. The van der Waals surface area contributed by atoms with Crippen molar-refractivity contribution in [3.63, 3.8) is 0 Å². The third kappa shape index (κ3) is 5.29. The molecule has 1 N–H and O–H groups in total. The number of rotatable bonds is 6. The minimum atomic E-state index is -0.262. The molecule has 0 aliphatic carbocycles. The molecular formula is C25H21N3O2S. The number of carbonyl (C=O) groups excluding carboxylic acids is 1. The van der Waals surface area contributed by atoms with Crippen molar-refractivity contribution in [1.82, 2.24) is 9.97 Å². The zero-order valence-electron chi connectivity index (χ0n) is 17.2. The van der Waals surface area contributed by atoms with E-state index < -0.39 is 0 Å². The number of aryl methyl sites for hydroxylation is 2. The number of ether oxygens (including phenoxy) is 1. The summed E-state index contributed by atoms with van der Waals surface area (Å²) >= 11 is 1.45. The van der Waals surface area contributed by atoms with Gasteiger partial charge in [0.15, 0.2) is 0 Å². The summed E-state index contributed by atoms with van der Waals surface area (Å²) in [5.41, 5.74) is 2.73. The number of nitrogens with one attached hydrogen (secondary N) is 1. The van der Waals surface area contributed by atoms with Gasteiger partial charge in [-0.25, -0.2) is 9.97 Å². The van der Waals surface area contributed by atoms with E-state index >= 15 is 0 Å². The Balaban J connectivity index is 1.46. The van der Waals surface area contributed by atoms with Crippen LogP contribution in [0.1, 0.15) is 21.5 Å². The van der Waals surface area contributed by atoms with Crippen LogP contribution in [0.15, 0.2) is 95.1 Å². The monoisotopic (exact) mass is 427 g/mol. The molecule has 0 atom stereocenters. The molecule has 0 aliphatic heterocycles. The Hall–Kier alpha value is -3.64. The van der Waals surface area contributed by atoms with Crippen molar-refractivity contribution in [3.05, 3.63) is 102 Å². The van der Waals surface area contributed by atoms with Crippen LogP contribution in [0.2, 0.25) is 0 Å². The minimum Gasteiger partial charge on any atom is -0.455 e. The Morgan fingerprint density at radius 1 is 0.935 bits per heavy atom. The number of aromatic nitrogens is 2. The van der Waals surface area contributed by atoms with Gasteiger partial charge in [-0.15, -0.1) is 0 Å². The Kier molecular flexibility index (Phi) is 6.29. The van der Waals surface area contributed by atoms with E-state index in [0.29, 0.717) is 22.2 Å². The number of anilines is 1. The fraction of sp³-hybridized carbons (Fsp3) is 0.0800. The first-order valence-corrected chi connectivity index (χ1v) is 10.6. The molecule has 0 fully saturated rings. The predicted molar refractivity (Wildman–Crippen MR) is 123 cm³/mol. The largest absolute Gasteiger partial charge is 0.455 e. The highest BCUT2D eigenvalue weighted by Crippen LogP contribution is 2.29. The van der Waals surface area contributed by atoms with E-state index in [-0.39, 0.29) is 5.91 Å². The van der Waals surface area contributed by atoms with Gasteiger partial charge in [-0.05, 0) is 61.9 Å². The maximum atomic E-state index is 12.8. The number of hydrogen-bond donors (Lipinski definition) is 1. The molecule has 2 heterocycles. The van der Waals surface area contributed by atoms with E-state index in [1.807, 2.05) is 56.3 Å². The Morgan fingerprint density at radius 2 is 1.77 bits per heavy atom. The Labute approximate surface area is 185 Å². The van der Waals surface area contributed by atoms with Crippen LogP contribution in [0.25, 0.3) is 0 Å². The molecule has 0 radical (unpaired) electrons. The third-order valence-corrected chi connectivity index (χ3v) is 5.54. The van der Waals surface area contributed by atoms with Crippen molar-refractivity contribution in [2.24, 2.45) is 0 Å². The summed E-state index contributed by atoms with van der Waals surface area (Å²) in [7, 11) is 0.